The van der Waals surface area contributed by atoms with Crippen molar-refractivity contribution in [2.24, 2.45) is 5.92 Å². The van der Waals surface area contributed by atoms with Gasteiger partial charge in [0.05, 0.1) is 0 Å². The molecule has 0 amide bonds. The van der Waals surface area contributed by atoms with Gasteiger partial charge in [-0.25, -0.2) is 13.7 Å². The van der Waals surface area contributed by atoms with Crippen LogP contribution in [0.5, 0.6) is 0 Å². The molecule has 0 aromatic rings. The fourth-order valence-corrected chi connectivity index (χ4v) is 2.50. The summed E-state index contributed by atoms with van der Waals surface area (Å²) in [5.74, 6) is 0.589. The highest BCUT2D eigenvalue weighted by atomic mass is 32.2. The highest BCUT2D eigenvalue weighted by molar-refractivity contribution is 7.89. The minimum Gasteiger partial charge on any atom is -0.301 e. The third-order valence-electron chi connectivity index (χ3n) is 3.03. The SMILES string of the molecule is CC(C)N1CCC(CNS(C)(=N)=O)CC1. The summed E-state index contributed by atoms with van der Waals surface area (Å²) in [6, 6.07) is 0.630. The van der Waals surface area contributed by atoms with E-state index in [0.717, 1.165) is 32.5 Å². The van der Waals surface area contributed by atoms with Gasteiger partial charge in [-0.3, -0.25) is 0 Å². The maximum absolute atomic E-state index is 11.1. The van der Waals surface area contributed by atoms with Crippen molar-refractivity contribution in [2.45, 2.75) is 32.7 Å². The normalized spacial score (nSPS) is 24.3. The molecule has 0 aromatic heterocycles. The highest BCUT2D eigenvalue weighted by Crippen LogP contribution is 2.18. The second-order valence-corrected chi connectivity index (χ2v) is 6.74. The van der Waals surface area contributed by atoms with Crippen LogP contribution in [-0.4, -0.2) is 41.0 Å². The molecule has 5 heteroatoms. The molecule has 1 aliphatic rings. The van der Waals surface area contributed by atoms with Crippen molar-refractivity contribution in [3.63, 3.8) is 0 Å². The first-order valence-corrected chi connectivity index (χ1v) is 7.57. The fourth-order valence-electron chi connectivity index (χ4n) is 1.95. The van der Waals surface area contributed by atoms with Gasteiger partial charge in [0, 0.05) is 18.8 Å². The highest BCUT2D eigenvalue weighted by Gasteiger charge is 2.20. The monoisotopic (exact) mass is 233 g/mol. The van der Waals surface area contributed by atoms with Crippen LogP contribution in [0.25, 0.3) is 0 Å². The molecular formula is C10H23N3OS. The van der Waals surface area contributed by atoms with Crippen LogP contribution < -0.4 is 4.72 Å². The first-order valence-electron chi connectivity index (χ1n) is 5.61. The van der Waals surface area contributed by atoms with E-state index in [2.05, 4.69) is 23.5 Å². The van der Waals surface area contributed by atoms with Gasteiger partial charge in [0.15, 0.2) is 0 Å². The summed E-state index contributed by atoms with van der Waals surface area (Å²) in [5, 5.41) is 0. The lowest BCUT2D eigenvalue weighted by molar-refractivity contribution is 0.151. The number of nitrogens with zero attached hydrogens (tertiary/aromatic N) is 1. The average molecular weight is 233 g/mol. The molecule has 0 radical (unpaired) electrons. The zero-order valence-electron chi connectivity index (χ0n) is 9.95. The molecule has 1 unspecified atom stereocenters. The third kappa shape index (κ3) is 4.95. The Morgan fingerprint density at radius 1 is 1.47 bits per heavy atom. The third-order valence-corrected chi connectivity index (χ3v) is 3.74. The van der Waals surface area contributed by atoms with Crippen LogP contribution in [0.15, 0.2) is 0 Å². The van der Waals surface area contributed by atoms with Crippen molar-refractivity contribution < 1.29 is 4.21 Å². The Kier molecular flexibility index (Phi) is 4.55. The zero-order chi connectivity index (χ0) is 11.5. The van der Waals surface area contributed by atoms with Crippen molar-refractivity contribution in [2.75, 3.05) is 25.9 Å². The summed E-state index contributed by atoms with van der Waals surface area (Å²) in [4.78, 5) is 2.47. The second kappa shape index (κ2) is 5.27. The topological polar surface area (TPSA) is 56.2 Å². The lowest BCUT2D eigenvalue weighted by Gasteiger charge is -2.34. The minimum atomic E-state index is -2.52. The summed E-state index contributed by atoms with van der Waals surface area (Å²) < 4.78 is 21.2. The van der Waals surface area contributed by atoms with Gasteiger partial charge in [-0.15, -0.1) is 0 Å². The van der Waals surface area contributed by atoms with Gasteiger partial charge in [0.2, 0.25) is 0 Å². The smallest absolute Gasteiger partial charge is 0.102 e. The lowest BCUT2D eigenvalue weighted by Crippen LogP contribution is -2.41. The summed E-state index contributed by atoms with van der Waals surface area (Å²) in [5.41, 5.74) is 0. The number of rotatable bonds is 4. The van der Waals surface area contributed by atoms with E-state index in [0.29, 0.717) is 12.0 Å². The quantitative estimate of drug-likeness (QED) is 0.768. The summed E-state index contributed by atoms with van der Waals surface area (Å²) in [6.07, 6.45) is 3.75. The number of likely N-dealkylation sites (tertiary alicyclic amines) is 1. The first kappa shape index (κ1) is 12.9. The maximum atomic E-state index is 11.1. The van der Waals surface area contributed by atoms with Crippen molar-refractivity contribution >= 4 is 9.92 Å². The Morgan fingerprint density at radius 2 is 2.00 bits per heavy atom. The van der Waals surface area contributed by atoms with E-state index in [9.17, 15) is 4.21 Å². The number of hydrogen-bond acceptors (Lipinski definition) is 3. The van der Waals surface area contributed by atoms with Gasteiger partial charge >= 0.3 is 0 Å². The molecule has 0 aliphatic carbocycles. The van der Waals surface area contributed by atoms with E-state index in [1.54, 1.807) is 0 Å². The van der Waals surface area contributed by atoms with Crippen molar-refractivity contribution in [3.05, 3.63) is 0 Å². The molecule has 1 aliphatic heterocycles. The molecule has 1 rings (SSSR count). The van der Waals surface area contributed by atoms with Gasteiger partial charge in [0.1, 0.15) is 9.92 Å². The van der Waals surface area contributed by atoms with E-state index in [1.807, 2.05) is 0 Å². The molecule has 1 saturated heterocycles. The molecule has 0 saturated carbocycles. The lowest BCUT2D eigenvalue weighted by atomic mass is 9.96. The molecule has 15 heavy (non-hydrogen) atoms. The zero-order valence-corrected chi connectivity index (χ0v) is 10.8. The molecule has 4 nitrogen and oxygen atoms in total. The van der Waals surface area contributed by atoms with Gasteiger partial charge < -0.3 is 4.90 Å². The van der Waals surface area contributed by atoms with Gasteiger partial charge in [-0.05, 0) is 45.7 Å². The van der Waals surface area contributed by atoms with E-state index in [4.69, 9.17) is 4.78 Å². The van der Waals surface area contributed by atoms with Crippen LogP contribution in [0, 0.1) is 10.7 Å². The number of hydrogen-bond donors (Lipinski definition) is 2. The maximum Gasteiger partial charge on any atom is 0.102 e. The van der Waals surface area contributed by atoms with Crippen LogP contribution in [0.4, 0.5) is 0 Å². The van der Waals surface area contributed by atoms with E-state index in [-0.39, 0.29) is 0 Å². The first-order chi connectivity index (χ1) is 6.88. The predicted octanol–water partition coefficient (Wildman–Crippen LogP) is 1.29. The molecule has 1 heterocycles. The standard InChI is InChI=1S/C10H23N3OS/c1-9(2)13-6-4-10(5-7-13)8-12-15(3,11)14/h9-10H,4-8H2,1-3H3,(H2,11,12,14). The van der Waals surface area contributed by atoms with Crippen LogP contribution in [-0.2, 0) is 9.92 Å². The number of nitrogens with one attached hydrogen (secondary N) is 2. The van der Waals surface area contributed by atoms with Crippen molar-refractivity contribution in [3.8, 4) is 0 Å². The Morgan fingerprint density at radius 3 is 2.40 bits per heavy atom. The molecule has 0 aromatic carbocycles. The molecule has 0 spiro atoms. The van der Waals surface area contributed by atoms with Crippen LogP contribution in [0.2, 0.25) is 0 Å². The molecule has 1 atom stereocenters. The molecule has 2 N–H and O–H groups in total. The Bertz CT molecular complexity index is 279. The van der Waals surface area contributed by atoms with E-state index < -0.39 is 9.92 Å². The van der Waals surface area contributed by atoms with Gasteiger partial charge in [0.25, 0.3) is 0 Å². The molecule has 1 fully saturated rings. The van der Waals surface area contributed by atoms with Crippen molar-refractivity contribution in [1.29, 1.82) is 4.78 Å². The van der Waals surface area contributed by atoms with E-state index in [1.165, 1.54) is 6.26 Å². The van der Waals surface area contributed by atoms with Crippen molar-refractivity contribution in [1.82, 2.24) is 9.62 Å². The van der Waals surface area contributed by atoms with Crippen LogP contribution in [0.3, 0.4) is 0 Å². The second-order valence-electron chi connectivity index (χ2n) is 4.77. The summed E-state index contributed by atoms with van der Waals surface area (Å²) >= 11 is 0. The Hall–Kier alpha value is -0.130. The molecular weight excluding hydrogens is 210 g/mol. The largest absolute Gasteiger partial charge is 0.301 e. The van der Waals surface area contributed by atoms with E-state index >= 15 is 0 Å². The van der Waals surface area contributed by atoms with Crippen LogP contribution >= 0.6 is 0 Å². The Balaban J connectivity index is 2.26. The predicted molar refractivity (Wildman–Crippen MR) is 64.2 cm³/mol. The van der Waals surface area contributed by atoms with Gasteiger partial charge in [-0.2, -0.15) is 0 Å². The number of piperidine rings is 1. The molecule has 0 bridgehead atoms. The van der Waals surface area contributed by atoms with Gasteiger partial charge in [-0.1, -0.05) is 0 Å². The van der Waals surface area contributed by atoms with Crippen LogP contribution in [0.1, 0.15) is 26.7 Å². The summed E-state index contributed by atoms with van der Waals surface area (Å²) in [7, 11) is -2.52. The minimum absolute atomic E-state index is 0.589. The Labute approximate surface area is 93.5 Å². The molecule has 90 valence electrons. The summed E-state index contributed by atoms with van der Waals surface area (Å²) in [6.45, 7) is 7.44. The fraction of sp³-hybridized carbons (Fsp3) is 1.00. The average Bonchev–Trinajstić information content (AvgIpc) is 2.14.